The van der Waals surface area contributed by atoms with E-state index in [1.165, 1.54) is 0 Å². The van der Waals surface area contributed by atoms with Crippen LogP contribution in [-0.2, 0) is 16.0 Å². The molecule has 0 aliphatic heterocycles. The maximum Gasteiger partial charge on any atom is 0.306 e. The summed E-state index contributed by atoms with van der Waals surface area (Å²) in [6.07, 6.45) is 2.55. The van der Waals surface area contributed by atoms with Gasteiger partial charge in [0.25, 0.3) is 0 Å². The third-order valence-corrected chi connectivity index (χ3v) is 3.28. The van der Waals surface area contributed by atoms with Crippen LogP contribution < -0.4 is 5.32 Å². The van der Waals surface area contributed by atoms with Gasteiger partial charge in [-0.2, -0.15) is 4.98 Å². The molecule has 0 aromatic carbocycles. The molecular formula is C12H17N3O4. The van der Waals surface area contributed by atoms with E-state index in [1.54, 1.807) is 6.92 Å². The number of carbonyl (C=O) groups excluding carboxylic acids is 1. The molecule has 7 nitrogen and oxygen atoms in total. The first-order valence-corrected chi connectivity index (χ1v) is 6.36. The highest BCUT2D eigenvalue weighted by Crippen LogP contribution is 2.25. The van der Waals surface area contributed by atoms with Gasteiger partial charge >= 0.3 is 5.97 Å². The van der Waals surface area contributed by atoms with Crippen molar-refractivity contribution in [3.05, 3.63) is 11.7 Å². The zero-order valence-electron chi connectivity index (χ0n) is 10.8. The quantitative estimate of drug-likeness (QED) is 0.812. The lowest BCUT2D eigenvalue weighted by atomic mass is 10.1. The predicted molar refractivity (Wildman–Crippen MR) is 64.3 cm³/mol. The second-order valence-corrected chi connectivity index (χ2v) is 4.85. The summed E-state index contributed by atoms with van der Waals surface area (Å²) in [5.41, 5.74) is 0. The lowest BCUT2D eigenvalue weighted by molar-refractivity contribution is -0.141. The molecule has 0 saturated heterocycles. The Morgan fingerprint density at radius 3 is 2.84 bits per heavy atom. The number of nitrogens with one attached hydrogen (secondary N) is 1. The summed E-state index contributed by atoms with van der Waals surface area (Å²) in [4.78, 5) is 26.5. The first-order valence-electron chi connectivity index (χ1n) is 6.36. The Morgan fingerprint density at radius 1 is 1.47 bits per heavy atom. The van der Waals surface area contributed by atoms with Crippen molar-refractivity contribution in [3.63, 3.8) is 0 Å². The number of rotatable bonds is 5. The molecule has 0 bridgehead atoms. The number of aromatic nitrogens is 2. The van der Waals surface area contributed by atoms with Crippen molar-refractivity contribution in [2.45, 2.75) is 45.1 Å². The van der Waals surface area contributed by atoms with E-state index in [0.29, 0.717) is 31.0 Å². The third-order valence-electron chi connectivity index (χ3n) is 3.28. The number of hydrogen-bond acceptors (Lipinski definition) is 5. The van der Waals surface area contributed by atoms with E-state index in [9.17, 15) is 9.59 Å². The van der Waals surface area contributed by atoms with E-state index in [-0.39, 0.29) is 24.3 Å². The Labute approximate surface area is 110 Å². The van der Waals surface area contributed by atoms with Crippen molar-refractivity contribution < 1.29 is 19.2 Å². The van der Waals surface area contributed by atoms with Crippen LogP contribution in [0, 0.1) is 12.8 Å². The molecular weight excluding hydrogens is 250 g/mol. The van der Waals surface area contributed by atoms with Crippen LogP contribution in [0.1, 0.15) is 37.4 Å². The molecule has 1 aliphatic rings. The molecule has 1 aliphatic carbocycles. The van der Waals surface area contributed by atoms with Gasteiger partial charge in [-0.15, -0.1) is 0 Å². The van der Waals surface area contributed by atoms with E-state index in [2.05, 4.69) is 15.5 Å². The van der Waals surface area contributed by atoms with Gasteiger partial charge in [-0.1, -0.05) is 5.16 Å². The van der Waals surface area contributed by atoms with Crippen LogP contribution in [0.25, 0.3) is 0 Å². The number of aryl methyl sites for hydroxylation is 2. The number of carboxylic acids is 1. The maximum absolute atomic E-state index is 11.7. The van der Waals surface area contributed by atoms with E-state index < -0.39 is 5.97 Å². The highest BCUT2D eigenvalue weighted by Gasteiger charge is 2.30. The smallest absolute Gasteiger partial charge is 0.306 e. The minimum absolute atomic E-state index is 0.0296. The molecule has 1 aromatic rings. The maximum atomic E-state index is 11.7. The molecule has 2 N–H and O–H groups in total. The molecule has 0 unspecified atom stereocenters. The summed E-state index contributed by atoms with van der Waals surface area (Å²) in [6, 6.07) is -0.0296. The molecule has 104 valence electrons. The van der Waals surface area contributed by atoms with E-state index in [0.717, 1.165) is 6.42 Å². The molecule has 1 fully saturated rings. The second-order valence-electron chi connectivity index (χ2n) is 4.85. The van der Waals surface area contributed by atoms with Crippen molar-refractivity contribution in [2.75, 3.05) is 0 Å². The Balaban J connectivity index is 1.72. The van der Waals surface area contributed by atoms with Gasteiger partial charge in [0.05, 0.1) is 5.92 Å². The summed E-state index contributed by atoms with van der Waals surface area (Å²) in [5.74, 6) is -0.216. The second kappa shape index (κ2) is 5.81. The summed E-state index contributed by atoms with van der Waals surface area (Å²) >= 11 is 0. The van der Waals surface area contributed by atoms with Crippen LogP contribution in [-0.4, -0.2) is 33.2 Å². The number of carbonyl (C=O) groups is 2. The predicted octanol–water partition coefficient (Wildman–Crippen LogP) is 0.680. The molecule has 7 heteroatoms. The number of amides is 1. The summed E-state index contributed by atoms with van der Waals surface area (Å²) in [7, 11) is 0. The van der Waals surface area contributed by atoms with Crippen LogP contribution in [0.5, 0.6) is 0 Å². The number of hydrogen-bond donors (Lipinski definition) is 2. The average molecular weight is 267 g/mol. The Bertz CT molecular complexity index is 471. The van der Waals surface area contributed by atoms with Crippen LogP contribution in [0.4, 0.5) is 0 Å². The normalized spacial score (nSPS) is 22.4. The van der Waals surface area contributed by atoms with Gasteiger partial charge in [-0.25, -0.2) is 0 Å². The molecule has 1 saturated carbocycles. The molecule has 1 amide bonds. The summed E-state index contributed by atoms with van der Waals surface area (Å²) in [5, 5.41) is 15.4. The molecule has 2 atom stereocenters. The molecule has 1 aromatic heterocycles. The van der Waals surface area contributed by atoms with Crippen molar-refractivity contribution in [2.24, 2.45) is 5.92 Å². The number of aliphatic carboxylic acids is 1. The lowest BCUT2D eigenvalue weighted by Gasteiger charge is -2.11. The molecule has 19 heavy (non-hydrogen) atoms. The van der Waals surface area contributed by atoms with Gasteiger partial charge in [0.2, 0.25) is 11.8 Å². The van der Waals surface area contributed by atoms with Crippen molar-refractivity contribution in [3.8, 4) is 0 Å². The van der Waals surface area contributed by atoms with Crippen molar-refractivity contribution >= 4 is 11.9 Å². The van der Waals surface area contributed by atoms with Gasteiger partial charge in [0.15, 0.2) is 5.82 Å². The van der Waals surface area contributed by atoms with Gasteiger partial charge in [-0.3, -0.25) is 9.59 Å². The van der Waals surface area contributed by atoms with Crippen LogP contribution in [0.15, 0.2) is 4.52 Å². The van der Waals surface area contributed by atoms with Crippen LogP contribution >= 0.6 is 0 Å². The molecule has 0 radical (unpaired) electrons. The van der Waals surface area contributed by atoms with Gasteiger partial charge in [0.1, 0.15) is 0 Å². The van der Waals surface area contributed by atoms with E-state index in [4.69, 9.17) is 9.63 Å². The average Bonchev–Trinajstić information content (AvgIpc) is 2.96. The minimum Gasteiger partial charge on any atom is -0.481 e. The summed E-state index contributed by atoms with van der Waals surface area (Å²) < 4.78 is 4.91. The third kappa shape index (κ3) is 3.77. The number of nitrogens with zero attached hydrogens (tertiary/aromatic N) is 2. The van der Waals surface area contributed by atoms with Crippen molar-refractivity contribution in [1.82, 2.24) is 15.5 Å². The fraction of sp³-hybridized carbons (Fsp3) is 0.667. The Hall–Kier alpha value is -1.92. The largest absolute Gasteiger partial charge is 0.481 e. The van der Waals surface area contributed by atoms with E-state index in [1.807, 2.05) is 0 Å². The van der Waals surface area contributed by atoms with E-state index >= 15 is 0 Å². The van der Waals surface area contributed by atoms with Gasteiger partial charge < -0.3 is 14.9 Å². The highest BCUT2D eigenvalue weighted by atomic mass is 16.5. The first kappa shape index (κ1) is 13.5. The van der Waals surface area contributed by atoms with Gasteiger partial charge in [0, 0.05) is 18.9 Å². The molecule has 0 spiro atoms. The monoisotopic (exact) mass is 267 g/mol. The summed E-state index contributed by atoms with van der Waals surface area (Å²) in [6.45, 7) is 1.72. The Kier molecular flexibility index (Phi) is 4.13. The topological polar surface area (TPSA) is 105 Å². The highest BCUT2D eigenvalue weighted by molar-refractivity contribution is 5.77. The van der Waals surface area contributed by atoms with Crippen molar-refractivity contribution in [1.29, 1.82) is 0 Å². The lowest BCUT2D eigenvalue weighted by Crippen LogP contribution is -2.33. The zero-order chi connectivity index (χ0) is 13.8. The molecule has 1 heterocycles. The minimum atomic E-state index is -0.780. The van der Waals surface area contributed by atoms with Crippen LogP contribution in [0.3, 0.4) is 0 Å². The standard InChI is InChI=1S/C12H17N3O4/c1-7-13-11(19-15-7)5-4-10(16)14-9-3-2-8(6-9)12(17)18/h8-9H,2-6H2,1H3,(H,14,16)(H,17,18)/t8-,9+/m1/s1. The fourth-order valence-electron chi connectivity index (χ4n) is 2.30. The fourth-order valence-corrected chi connectivity index (χ4v) is 2.30. The Morgan fingerprint density at radius 2 is 2.26 bits per heavy atom. The first-order chi connectivity index (χ1) is 9.04. The SMILES string of the molecule is Cc1noc(CCC(=O)N[C@H]2CC[C@@H](C(=O)O)C2)n1. The van der Waals surface area contributed by atoms with Gasteiger partial charge in [-0.05, 0) is 26.2 Å². The zero-order valence-corrected chi connectivity index (χ0v) is 10.8. The van der Waals surface area contributed by atoms with Crippen LogP contribution in [0.2, 0.25) is 0 Å². The molecule has 2 rings (SSSR count). The number of carboxylic acid groups (broad SMARTS) is 1.